The van der Waals surface area contributed by atoms with Crippen molar-refractivity contribution < 1.29 is 4.79 Å². The van der Waals surface area contributed by atoms with Gasteiger partial charge in [-0.15, -0.1) is 0 Å². The molecule has 0 amide bonds. The van der Waals surface area contributed by atoms with Crippen LogP contribution in [0.2, 0.25) is 5.02 Å². The average Bonchev–Trinajstić information content (AvgIpc) is 3.16. The molecular formula is C23H25ClN2O. The van der Waals surface area contributed by atoms with Gasteiger partial charge in [0.05, 0.1) is 23.7 Å². The third-order valence-electron chi connectivity index (χ3n) is 5.91. The number of carbonyl (C=O) groups excluding carboxylic acids is 1. The fourth-order valence-electron chi connectivity index (χ4n) is 4.35. The maximum absolute atomic E-state index is 13.5. The number of Topliss-reactive ketones (excluding diaryl/α,β-unsaturated/α-hetero) is 1. The van der Waals surface area contributed by atoms with Crippen molar-refractivity contribution in [3.8, 4) is 0 Å². The number of aromatic nitrogens is 2. The molecule has 1 aromatic carbocycles. The third-order valence-corrected chi connectivity index (χ3v) is 6.16. The van der Waals surface area contributed by atoms with Crippen molar-refractivity contribution in [2.45, 2.75) is 51.4 Å². The molecule has 3 nitrogen and oxygen atoms in total. The number of hydrogen-bond donors (Lipinski definition) is 0. The fourth-order valence-corrected chi connectivity index (χ4v) is 4.48. The van der Waals surface area contributed by atoms with Gasteiger partial charge in [-0.1, -0.05) is 43.6 Å². The van der Waals surface area contributed by atoms with Crippen LogP contribution < -0.4 is 0 Å². The molecule has 1 aliphatic carbocycles. The number of nitrogens with zero attached hydrogens (tertiary/aromatic N) is 2. The Hall–Kier alpha value is -2.13. The topological polar surface area (TPSA) is 34.4 Å². The van der Waals surface area contributed by atoms with Gasteiger partial charge < -0.3 is 0 Å². The Kier molecular flexibility index (Phi) is 5.05. The van der Waals surface area contributed by atoms with E-state index in [2.05, 4.69) is 43.1 Å². The van der Waals surface area contributed by atoms with Crippen molar-refractivity contribution in [2.75, 3.05) is 0 Å². The first kappa shape index (κ1) is 18.2. The summed E-state index contributed by atoms with van der Waals surface area (Å²) in [6.07, 6.45) is 7.57. The quantitative estimate of drug-likeness (QED) is 0.500. The molecule has 0 bridgehead atoms. The number of hydrogen-bond acceptors (Lipinski definition) is 2. The lowest BCUT2D eigenvalue weighted by molar-refractivity contribution is 0.0875. The summed E-state index contributed by atoms with van der Waals surface area (Å²) in [5.74, 6) is 1.21. The van der Waals surface area contributed by atoms with Gasteiger partial charge in [-0.05, 0) is 66.8 Å². The summed E-state index contributed by atoms with van der Waals surface area (Å²) < 4.78 is 1.98. The highest BCUT2D eigenvalue weighted by atomic mass is 35.5. The van der Waals surface area contributed by atoms with Crippen molar-refractivity contribution in [1.29, 1.82) is 0 Å². The SMILES string of the molecule is CC(C)c1ccc2cncn2c1C(=O)C1CCC(c2ccc(Cl)cc2)CC1. The summed E-state index contributed by atoms with van der Waals surface area (Å²) in [6.45, 7) is 4.29. The summed E-state index contributed by atoms with van der Waals surface area (Å²) in [4.78, 5) is 17.7. The molecule has 140 valence electrons. The van der Waals surface area contributed by atoms with Crippen LogP contribution in [0.5, 0.6) is 0 Å². The van der Waals surface area contributed by atoms with Crippen LogP contribution >= 0.6 is 11.6 Å². The summed E-state index contributed by atoms with van der Waals surface area (Å²) in [6, 6.07) is 12.3. The number of fused-ring (bicyclic) bond motifs is 1. The van der Waals surface area contributed by atoms with Crippen molar-refractivity contribution in [3.63, 3.8) is 0 Å². The van der Waals surface area contributed by atoms with Gasteiger partial charge >= 0.3 is 0 Å². The molecule has 0 aliphatic heterocycles. The van der Waals surface area contributed by atoms with E-state index in [-0.39, 0.29) is 11.7 Å². The first-order valence-corrected chi connectivity index (χ1v) is 10.2. The molecule has 0 radical (unpaired) electrons. The number of ketones is 1. The second-order valence-electron chi connectivity index (χ2n) is 7.94. The van der Waals surface area contributed by atoms with Crippen molar-refractivity contribution in [3.05, 3.63) is 70.8 Å². The van der Waals surface area contributed by atoms with Crippen LogP contribution in [0.25, 0.3) is 5.52 Å². The van der Waals surface area contributed by atoms with Gasteiger partial charge in [0.15, 0.2) is 5.78 Å². The van der Waals surface area contributed by atoms with E-state index in [1.165, 1.54) is 5.56 Å². The molecule has 0 atom stereocenters. The van der Waals surface area contributed by atoms with Crippen LogP contribution in [0.3, 0.4) is 0 Å². The molecule has 1 fully saturated rings. The lowest BCUT2D eigenvalue weighted by Gasteiger charge is -2.29. The van der Waals surface area contributed by atoms with Gasteiger partial charge in [0, 0.05) is 10.9 Å². The summed E-state index contributed by atoms with van der Waals surface area (Å²) in [5, 5.41) is 0.775. The largest absolute Gasteiger partial charge is 0.296 e. The van der Waals surface area contributed by atoms with E-state index in [1.54, 1.807) is 6.33 Å². The molecule has 1 aliphatic rings. The van der Waals surface area contributed by atoms with Gasteiger partial charge in [0.25, 0.3) is 0 Å². The Morgan fingerprint density at radius 3 is 2.44 bits per heavy atom. The minimum atomic E-state index is 0.0963. The number of imidazole rings is 1. The third kappa shape index (κ3) is 3.53. The lowest BCUT2D eigenvalue weighted by Crippen LogP contribution is -2.24. The highest BCUT2D eigenvalue weighted by Gasteiger charge is 2.30. The van der Waals surface area contributed by atoms with Gasteiger partial charge in [0.1, 0.15) is 0 Å². The van der Waals surface area contributed by atoms with Crippen LogP contribution in [0, 0.1) is 5.92 Å². The smallest absolute Gasteiger partial charge is 0.182 e. The van der Waals surface area contributed by atoms with E-state index < -0.39 is 0 Å². The first-order chi connectivity index (χ1) is 13.0. The van der Waals surface area contributed by atoms with Crippen LogP contribution in [0.15, 0.2) is 48.9 Å². The predicted octanol–water partition coefficient (Wildman–Crippen LogP) is 6.27. The lowest BCUT2D eigenvalue weighted by atomic mass is 9.76. The van der Waals surface area contributed by atoms with Gasteiger partial charge in [-0.25, -0.2) is 4.98 Å². The average molecular weight is 381 g/mol. The maximum Gasteiger partial charge on any atom is 0.182 e. The molecule has 0 unspecified atom stereocenters. The Morgan fingerprint density at radius 1 is 1.07 bits per heavy atom. The second kappa shape index (κ2) is 7.47. The van der Waals surface area contributed by atoms with E-state index in [4.69, 9.17) is 11.6 Å². The Balaban J connectivity index is 1.56. The van der Waals surface area contributed by atoms with Crippen molar-refractivity contribution in [2.24, 2.45) is 5.92 Å². The summed E-state index contributed by atoms with van der Waals surface area (Å²) in [7, 11) is 0. The molecular weight excluding hydrogens is 356 g/mol. The van der Waals surface area contributed by atoms with E-state index >= 15 is 0 Å². The highest BCUT2D eigenvalue weighted by Crippen LogP contribution is 2.38. The van der Waals surface area contributed by atoms with Crippen molar-refractivity contribution >= 4 is 22.9 Å². The van der Waals surface area contributed by atoms with E-state index in [1.807, 2.05) is 22.7 Å². The van der Waals surface area contributed by atoms with Gasteiger partial charge in [-0.2, -0.15) is 0 Å². The summed E-state index contributed by atoms with van der Waals surface area (Å²) in [5.41, 5.74) is 4.27. The molecule has 2 heterocycles. The number of rotatable bonds is 4. The zero-order valence-electron chi connectivity index (χ0n) is 15.9. The van der Waals surface area contributed by atoms with Crippen LogP contribution in [-0.4, -0.2) is 15.2 Å². The van der Waals surface area contributed by atoms with Gasteiger partial charge in [-0.3, -0.25) is 9.20 Å². The number of halogens is 1. The first-order valence-electron chi connectivity index (χ1n) is 9.79. The van der Waals surface area contributed by atoms with E-state index in [0.29, 0.717) is 11.8 Å². The van der Waals surface area contributed by atoms with Crippen LogP contribution in [-0.2, 0) is 0 Å². The van der Waals surface area contributed by atoms with Crippen molar-refractivity contribution in [1.82, 2.24) is 9.38 Å². The fraction of sp³-hybridized carbons (Fsp3) is 0.391. The standard InChI is InChI=1S/C23H25ClN2O/c1-15(2)21-12-11-20-13-25-14-26(20)22(21)23(27)18-5-3-16(4-6-18)17-7-9-19(24)10-8-17/h7-16,18H,3-6H2,1-2H3. The Morgan fingerprint density at radius 2 is 1.78 bits per heavy atom. The predicted molar refractivity (Wildman–Crippen MR) is 110 cm³/mol. The number of benzene rings is 1. The molecule has 1 saturated carbocycles. The number of pyridine rings is 1. The zero-order valence-corrected chi connectivity index (χ0v) is 16.6. The highest BCUT2D eigenvalue weighted by molar-refractivity contribution is 6.30. The second-order valence-corrected chi connectivity index (χ2v) is 8.38. The molecule has 0 N–H and O–H groups in total. The molecule has 3 aromatic rings. The molecule has 27 heavy (non-hydrogen) atoms. The molecule has 0 saturated heterocycles. The van der Waals surface area contributed by atoms with Crippen LogP contribution in [0.1, 0.15) is 73.0 Å². The monoisotopic (exact) mass is 380 g/mol. The minimum Gasteiger partial charge on any atom is -0.296 e. The van der Waals surface area contributed by atoms with E-state index in [9.17, 15) is 4.79 Å². The maximum atomic E-state index is 13.5. The Labute approximate surface area is 165 Å². The molecule has 4 heteroatoms. The molecule has 2 aromatic heterocycles. The molecule has 0 spiro atoms. The van der Waals surface area contributed by atoms with E-state index in [0.717, 1.165) is 47.5 Å². The Bertz CT molecular complexity index is 950. The number of carbonyl (C=O) groups is 1. The normalized spacial score (nSPS) is 20.3. The van der Waals surface area contributed by atoms with Crippen LogP contribution in [0.4, 0.5) is 0 Å². The zero-order chi connectivity index (χ0) is 19.0. The molecule has 4 rings (SSSR count). The minimum absolute atomic E-state index is 0.0963. The summed E-state index contributed by atoms with van der Waals surface area (Å²) >= 11 is 6.01. The van der Waals surface area contributed by atoms with Gasteiger partial charge in [0.2, 0.25) is 0 Å².